The van der Waals surface area contributed by atoms with Crippen LogP contribution in [0.4, 0.5) is 8.78 Å². The van der Waals surface area contributed by atoms with Crippen LogP contribution in [0.15, 0.2) is 47.4 Å². The molecule has 2 aromatic rings. The van der Waals surface area contributed by atoms with E-state index in [1.807, 2.05) is 0 Å². The molecule has 29 heavy (non-hydrogen) atoms. The molecular weight excluding hydrogens is 400 g/mol. The van der Waals surface area contributed by atoms with Crippen molar-refractivity contribution in [2.45, 2.75) is 30.2 Å². The number of rotatable bonds is 5. The molecule has 1 heterocycles. The molecule has 0 spiro atoms. The van der Waals surface area contributed by atoms with E-state index in [-0.39, 0.29) is 11.1 Å². The van der Waals surface area contributed by atoms with Crippen molar-refractivity contribution in [2.24, 2.45) is 0 Å². The third-order valence-corrected chi connectivity index (χ3v) is 6.66. The summed E-state index contributed by atoms with van der Waals surface area (Å²) < 4.78 is 55.0. The van der Waals surface area contributed by atoms with Gasteiger partial charge in [-0.1, -0.05) is 24.6 Å². The van der Waals surface area contributed by atoms with Crippen molar-refractivity contribution in [3.63, 3.8) is 0 Å². The zero-order valence-corrected chi connectivity index (χ0v) is 16.3. The Labute approximate surface area is 167 Å². The molecule has 6 nitrogen and oxygen atoms in total. The highest BCUT2D eigenvalue weighted by Gasteiger charge is 2.29. The molecule has 0 bridgehead atoms. The Morgan fingerprint density at radius 3 is 2.41 bits per heavy atom. The van der Waals surface area contributed by atoms with Crippen molar-refractivity contribution in [3.8, 4) is 6.07 Å². The number of nitrogens with zero attached hydrogens (tertiary/aromatic N) is 2. The third kappa shape index (κ3) is 4.44. The molecule has 0 aromatic heterocycles. The number of hydrogen-bond donors (Lipinski definition) is 1. The summed E-state index contributed by atoms with van der Waals surface area (Å²) in [6.45, 7) is 0.587. The number of nitriles is 1. The normalized spacial score (nSPS) is 16.0. The molecule has 1 unspecified atom stereocenters. The van der Waals surface area contributed by atoms with Crippen LogP contribution in [0.5, 0.6) is 0 Å². The minimum Gasteiger partial charge on any atom is -0.332 e. The molecule has 2 aromatic carbocycles. The number of halogens is 2. The van der Waals surface area contributed by atoms with Crippen LogP contribution in [0.25, 0.3) is 0 Å². The topological polar surface area (TPSA) is 90.3 Å². The van der Waals surface area contributed by atoms with Gasteiger partial charge in [-0.2, -0.15) is 9.57 Å². The second kappa shape index (κ2) is 8.68. The quantitative estimate of drug-likeness (QED) is 0.806. The van der Waals surface area contributed by atoms with Gasteiger partial charge in [0.1, 0.15) is 22.6 Å². The van der Waals surface area contributed by atoms with E-state index < -0.39 is 38.5 Å². The summed E-state index contributed by atoms with van der Waals surface area (Å²) in [6, 6.07) is 8.98. The van der Waals surface area contributed by atoms with E-state index in [9.17, 15) is 27.3 Å². The highest BCUT2D eigenvalue weighted by atomic mass is 32.2. The van der Waals surface area contributed by atoms with Crippen LogP contribution >= 0.6 is 0 Å². The number of amides is 1. The number of carbonyl (C=O) groups is 1. The third-order valence-electron chi connectivity index (χ3n) is 4.75. The maximum atomic E-state index is 14.3. The summed E-state index contributed by atoms with van der Waals surface area (Å²) in [4.78, 5) is 12.0. The average Bonchev–Trinajstić information content (AvgIpc) is 2.73. The standard InChI is InChI=1S/C20H19F2N3O3S/c21-16-7-3-2-6-15(16)18(13-23)24-20(26)14-8-9-17(22)19(12-14)29(27,28)25-10-4-1-5-11-25/h2-3,6-9,12,18H,1,4-5,10-11H2,(H,24,26). The highest BCUT2D eigenvalue weighted by molar-refractivity contribution is 7.89. The van der Waals surface area contributed by atoms with E-state index in [0.29, 0.717) is 25.9 Å². The Hall–Kier alpha value is -2.83. The van der Waals surface area contributed by atoms with Gasteiger partial charge >= 0.3 is 0 Å². The van der Waals surface area contributed by atoms with Gasteiger partial charge in [-0.05, 0) is 37.1 Å². The number of hydrogen-bond acceptors (Lipinski definition) is 4. The van der Waals surface area contributed by atoms with Gasteiger partial charge in [0, 0.05) is 24.2 Å². The molecule has 1 aliphatic rings. The summed E-state index contributed by atoms with van der Waals surface area (Å²) in [5, 5.41) is 11.7. The zero-order chi connectivity index (χ0) is 21.0. The van der Waals surface area contributed by atoms with Crippen LogP contribution in [-0.2, 0) is 10.0 Å². The number of carbonyl (C=O) groups excluding carboxylic acids is 1. The second-order valence-corrected chi connectivity index (χ2v) is 8.57. The van der Waals surface area contributed by atoms with E-state index >= 15 is 0 Å². The predicted octanol–water partition coefficient (Wildman–Crippen LogP) is 3.13. The lowest BCUT2D eigenvalue weighted by Crippen LogP contribution is -2.36. The van der Waals surface area contributed by atoms with Gasteiger partial charge in [-0.15, -0.1) is 0 Å². The first-order valence-corrected chi connectivity index (χ1v) is 10.5. The van der Waals surface area contributed by atoms with E-state index in [1.165, 1.54) is 22.5 Å². The maximum Gasteiger partial charge on any atom is 0.252 e. The number of benzene rings is 2. The van der Waals surface area contributed by atoms with Crippen molar-refractivity contribution in [2.75, 3.05) is 13.1 Å². The van der Waals surface area contributed by atoms with Crippen LogP contribution in [0.3, 0.4) is 0 Å². The van der Waals surface area contributed by atoms with Gasteiger partial charge < -0.3 is 5.32 Å². The first-order valence-electron chi connectivity index (χ1n) is 9.09. The largest absolute Gasteiger partial charge is 0.332 e. The molecule has 0 radical (unpaired) electrons. The van der Waals surface area contributed by atoms with Gasteiger partial charge in [-0.3, -0.25) is 4.79 Å². The predicted molar refractivity (Wildman–Crippen MR) is 101 cm³/mol. The fourth-order valence-corrected chi connectivity index (χ4v) is 4.80. The monoisotopic (exact) mass is 419 g/mol. The van der Waals surface area contributed by atoms with Crippen LogP contribution < -0.4 is 5.32 Å². The van der Waals surface area contributed by atoms with Gasteiger partial charge in [0.2, 0.25) is 10.0 Å². The first kappa shape index (κ1) is 20.9. The summed E-state index contributed by atoms with van der Waals surface area (Å²) in [5.74, 6) is -2.43. The molecule has 0 aliphatic carbocycles. The van der Waals surface area contributed by atoms with E-state index in [4.69, 9.17) is 0 Å². The molecule has 152 valence electrons. The number of piperidine rings is 1. The van der Waals surface area contributed by atoms with Crippen LogP contribution in [0.1, 0.15) is 41.2 Å². The molecule has 1 amide bonds. The van der Waals surface area contributed by atoms with Crippen LogP contribution in [-0.4, -0.2) is 31.7 Å². The molecule has 3 rings (SSSR count). The Morgan fingerprint density at radius 2 is 1.76 bits per heavy atom. The zero-order valence-electron chi connectivity index (χ0n) is 15.4. The van der Waals surface area contributed by atoms with Crippen LogP contribution in [0.2, 0.25) is 0 Å². The van der Waals surface area contributed by atoms with Crippen LogP contribution in [0, 0.1) is 23.0 Å². The van der Waals surface area contributed by atoms with Gasteiger partial charge in [0.05, 0.1) is 6.07 Å². The Balaban J connectivity index is 1.88. The molecule has 1 aliphatic heterocycles. The van der Waals surface area contributed by atoms with E-state index in [2.05, 4.69) is 5.32 Å². The Morgan fingerprint density at radius 1 is 1.07 bits per heavy atom. The summed E-state index contributed by atoms with van der Waals surface area (Å²) in [7, 11) is -4.09. The molecule has 1 atom stereocenters. The summed E-state index contributed by atoms with van der Waals surface area (Å²) in [5.41, 5.74) is -0.162. The lowest BCUT2D eigenvalue weighted by Gasteiger charge is -2.26. The molecule has 1 N–H and O–H groups in total. The van der Waals surface area contributed by atoms with Crippen molar-refractivity contribution in [1.82, 2.24) is 9.62 Å². The van der Waals surface area contributed by atoms with E-state index in [1.54, 1.807) is 6.07 Å². The van der Waals surface area contributed by atoms with Gasteiger partial charge in [-0.25, -0.2) is 17.2 Å². The summed E-state index contributed by atoms with van der Waals surface area (Å²) >= 11 is 0. The van der Waals surface area contributed by atoms with Crippen molar-refractivity contribution in [1.29, 1.82) is 5.26 Å². The van der Waals surface area contributed by atoms with Gasteiger partial charge in [0.15, 0.2) is 0 Å². The number of nitrogens with one attached hydrogen (secondary N) is 1. The highest BCUT2D eigenvalue weighted by Crippen LogP contribution is 2.24. The minimum absolute atomic E-state index is 0.0216. The molecule has 1 saturated heterocycles. The van der Waals surface area contributed by atoms with Crippen molar-refractivity contribution in [3.05, 3.63) is 65.2 Å². The Kier molecular flexibility index (Phi) is 6.25. The number of sulfonamides is 1. The molecule has 0 saturated carbocycles. The molecule has 1 fully saturated rings. The molecule has 9 heteroatoms. The maximum absolute atomic E-state index is 14.3. The fourth-order valence-electron chi connectivity index (χ4n) is 3.19. The first-order chi connectivity index (χ1) is 13.8. The van der Waals surface area contributed by atoms with E-state index in [0.717, 1.165) is 30.7 Å². The minimum atomic E-state index is -4.09. The summed E-state index contributed by atoms with van der Waals surface area (Å²) in [6.07, 6.45) is 2.28. The smallest absolute Gasteiger partial charge is 0.252 e. The average molecular weight is 419 g/mol. The SMILES string of the molecule is N#CC(NC(=O)c1ccc(F)c(S(=O)(=O)N2CCCCC2)c1)c1ccccc1F. The Bertz CT molecular complexity index is 1060. The van der Waals surface area contributed by atoms with Crippen molar-refractivity contribution < 1.29 is 22.0 Å². The van der Waals surface area contributed by atoms with Crippen molar-refractivity contribution >= 4 is 15.9 Å². The lowest BCUT2D eigenvalue weighted by molar-refractivity contribution is 0.0944. The lowest BCUT2D eigenvalue weighted by atomic mass is 10.1. The van der Waals surface area contributed by atoms with Gasteiger partial charge in [0.25, 0.3) is 5.91 Å². The molecular formula is C20H19F2N3O3S. The fraction of sp³-hybridized carbons (Fsp3) is 0.300. The second-order valence-electron chi connectivity index (χ2n) is 6.67.